The molecule has 1 nitrogen and oxygen atoms in total. The van der Waals surface area contributed by atoms with Crippen LogP contribution in [-0.4, -0.2) is 6.54 Å². The van der Waals surface area contributed by atoms with Gasteiger partial charge in [-0.05, 0) is 62.3 Å². The summed E-state index contributed by atoms with van der Waals surface area (Å²) >= 11 is 6.58. The van der Waals surface area contributed by atoms with Gasteiger partial charge in [0.05, 0.1) is 0 Å². The van der Waals surface area contributed by atoms with Gasteiger partial charge in [0.15, 0.2) is 0 Å². The second-order valence-electron chi connectivity index (χ2n) is 6.43. The van der Waals surface area contributed by atoms with Crippen molar-refractivity contribution in [3.63, 3.8) is 0 Å². The van der Waals surface area contributed by atoms with E-state index in [1.54, 1.807) is 0 Å². The van der Waals surface area contributed by atoms with Crippen LogP contribution in [0.5, 0.6) is 0 Å². The molecular formula is C17H24ClN. The third-order valence-electron chi connectivity index (χ3n) is 5.05. The zero-order valence-electron chi connectivity index (χ0n) is 11.8. The van der Waals surface area contributed by atoms with Gasteiger partial charge in [0.25, 0.3) is 0 Å². The smallest absolute Gasteiger partial charge is 0.0444 e. The van der Waals surface area contributed by atoms with Gasteiger partial charge in [-0.3, -0.25) is 0 Å². The number of hydrogen-bond acceptors (Lipinski definition) is 1. The Kier molecular flexibility index (Phi) is 3.86. The summed E-state index contributed by atoms with van der Waals surface area (Å²) in [4.78, 5) is 0. The van der Waals surface area contributed by atoms with Gasteiger partial charge in [-0.2, -0.15) is 0 Å². The van der Waals surface area contributed by atoms with Crippen LogP contribution in [0.25, 0.3) is 0 Å². The first-order chi connectivity index (χ1) is 9.19. The summed E-state index contributed by atoms with van der Waals surface area (Å²) in [6.07, 6.45) is 9.23. The van der Waals surface area contributed by atoms with Crippen molar-refractivity contribution in [3.05, 3.63) is 34.3 Å². The van der Waals surface area contributed by atoms with Crippen LogP contribution in [0.3, 0.4) is 0 Å². The minimum absolute atomic E-state index is 0.134. The van der Waals surface area contributed by atoms with Crippen molar-refractivity contribution in [2.24, 2.45) is 0 Å². The molecule has 3 rings (SSSR count). The number of halogens is 1. The minimum Gasteiger partial charge on any atom is -0.308 e. The van der Waals surface area contributed by atoms with Crippen molar-refractivity contribution >= 4 is 11.6 Å². The average Bonchev–Trinajstić information content (AvgIpc) is 2.88. The van der Waals surface area contributed by atoms with Gasteiger partial charge >= 0.3 is 0 Å². The Labute approximate surface area is 121 Å². The molecule has 1 saturated heterocycles. The lowest BCUT2D eigenvalue weighted by molar-refractivity contribution is 0.431. The molecule has 0 amide bonds. The fraction of sp³-hybridized carbons (Fsp3) is 0.647. The van der Waals surface area contributed by atoms with E-state index in [9.17, 15) is 0 Å². The number of benzene rings is 1. The van der Waals surface area contributed by atoms with Crippen LogP contribution in [0.15, 0.2) is 18.2 Å². The Bertz CT molecular complexity index is 443. The molecule has 1 N–H and O–H groups in total. The highest BCUT2D eigenvalue weighted by Crippen LogP contribution is 2.39. The molecule has 1 atom stereocenters. The lowest BCUT2D eigenvalue weighted by Gasteiger charge is -2.28. The van der Waals surface area contributed by atoms with Crippen LogP contribution in [-0.2, 0) is 5.54 Å². The maximum atomic E-state index is 6.58. The molecular weight excluding hydrogens is 254 g/mol. The summed E-state index contributed by atoms with van der Waals surface area (Å²) in [6.45, 7) is 3.42. The summed E-state index contributed by atoms with van der Waals surface area (Å²) in [6, 6.07) is 6.80. The first-order valence-corrected chi connectivity index (χ1v) is 8.12. The van der Waals surface area contributed by atoms with E-state index in [1.807, 2.05) is 0 Å². The molecule has 0 bridgehead atoms. The topological polar surface area (TPSA) is 12.0 Å². The van der Waals surface area contributed by atoms with Crippen molar-refractivity contribution in [1.29, 1.82) is 0 Å². The van der Waals surface area contributed by atoms with E-state index in [2.05, 4.69) is 30.4 Å². The van der Waals surface area contributed by atoms with E-state index < -0.39 is 0 Å². The highest BCUT2D eigenvalue weighted by Gasteiger charge is 2.30. The van der Waals surface area contributed by atoms with Crippen molar-refractivity contribution in [2.75, 3.05) is 6.54 Å². The summed E-state index contributed by atoms with van der Waals surface area (Å²) in [5, 5.41) is 4.60. The average molecular weight is 278 g/mol. The van der Waals surface area contributed by atoms with E-state index >= 15 is 0 Å². The van der Waals surface area contributed by atoms with E-state index in [0.29, 0.717) is 5.92 Å². The van der Waals surface area contributed by atoms with Gasteiger partial charge in [-0.25, -0.2) is 0 Å². The highest BCUT2D eigenvalue weighted by molar-refractivity contribution is 6.31. The number of hydrogen-bond donors (Lipinski definition) is 1. The van der Waals surface area contributed by atoms with Crippen LogP contribution in [0.2, 0.25) is 5.02 Å². The standard InChI is InChI=1S/C17H24ClN/c1-17(10-5-11-19-17)14-8-9-15(16(18)12-14)13-6-3-2-4-7-13/h8-9,12-13,19H,2-7,10-11H2,1H3. The Hall–Kier alpha value is -0.530. The molecule has 1 aliphatic carbocycles. The quantitative estimate of drug-likeness (QED) is 0.803. The normalized spacial score (nSPS) is 28.7. The van der Waals surface area contributed by atoms with Gasteiger partial charge < -0.3 is 5.32 Å². The third-order valence-corrected chi connectivity index (χ3v) is 5.38. The van der Waals surface area contributed by atoms with Gasteiger partial charge in [-0.15, -0.1) is 0 Å². The molecule has 1 aliphatic heterocycles. The zero-order chi connectivity index (χ0) is 13.3. The molecule has 2 fully saturated rings. The van der Waals surface area contributed by atoms with Crippen LogP contribution in [0.1, 0.15) is 68.9 Å². The van der Waals surface area contributed by atoms with Crippen LogP contribution >= 0.6 is 11.6 Å². The van der Waals surface area contributed by atoms with Gasteiger partial charge in [0, 0.05) is 10.6 Å². The third kappa shape index (κ3) is 2.68. The fourth-order valence-electron chi connectivity index (χ4n) is 3.76. The highest BCUT2D eigenvalue weighted by atomic mass is 35.5. The molecule has 1 aromatic carbocycles. The predicted octanol–water partition coefficient (Wildman–Crippen LogP) is 4.99. The Morgan fingerprint density at radius 1 is 1.16 bits per heavy atom. The molecule has 0 spiro atoms. The molecule has 2 heteroatoms. The van der Waals surface area contributed by atoms with E-state index in [-0.39, 0.29) is 5.54 Å². The Morgan fingerprint density at radius 2 is 1.95 bits per heavy atom. The van der Waals surface area contributed by atoms with Crippen molar-refractivity contribution in [2.45, 2.75) is 63.3 Å². The van der Waals surface area contributed by atoms with E-state index in [1.165, 1.54) is 56.1 Å². The summed E-state index contributed by atoms with van der Waals surface area (Å²) in [5.74, 6) is 0.694. The maximum Gasteiger partial charge on any atom is 0.0444 e. The van der Waals surface area contributed by atoms with Gasteiger partial charge in [-0.1, -0.05) is 43.0 Å². The number of rotatable bonds is 2. The van der Waals surface area contributed by atoms with Gasteiger partial charge in [0.2, 0.25) is 0 Å². The molecule has 19 heavy (non-hydrogen) atoms. The van der Waals surface area contributed by atoms with Gasteiger partial charge in [0.1, 0.15) is 0 Å². The Morgan fingerprint density at radius 3 is 2.58 bits per heavy atom. The zero-order valence-corrected chi connectivity index (χ0v) is 12.6. The predicted molar refractivity (Wildman–Crippen MR) is 81.9 cm³/mol. The largest absolute Gasteiger partial charge is 0.308 e. The summed E-state index contributed by atoms with van der Waals surface area (Å²) < 4.78 is 0. The lowest BCUT2D eigenvalue weighted by atomic mass is 9.82. The second-order valence-corrected chi connectivity index (χ2v) is 6.84. The molecule has 0 radical (unpaired) electrons. The van der Waals surface area contributed by atoms with E-state index in [0.717, 1.165) is 11.6 Å². The molecule has 0 aromatic heterocycles. The SMILES string of the molecule is CC1(c2ccc(C3CCCCC3)c(Cl)c2)CCCN1. The van der Waals surface area contributed by atoms with Crippen molar-refractivity contribution < 1.29 is 0 Å². The fourth-order valence-corrected chi connectivity index (χ4v) is 4.09. The maximum absolute atomic E-state index is 6.58. The lowest BCUT2D eigenvalue weighted by Crippen LogP contribution is -2.33. The summed E-state index contributed by atoms with van der Waals surface area (Å²) in [5.41, 5.74) is 2.87. The number of nitrogens with one attached hydrogen (secondary N) is 1. The monoisotopic (exact) mass is 277 g/mol. The van der Waals surface area contributed by atoms with E-state index in [4.69, 9.17) is 11.6 Å². The van der Waals surface area contributed by atoms with Crippen molar-refractivity contribution in [1.82, 2.24) is 5.32 Å². The van der Waals surface area contributed by atoms with Crippen LogP contribution in [0.4, 0.5) is 0 Å². The molecule has 1 aromatic rings. The molecule has 104 valence electrons. The molecule has 1 unspecified atom stereocenters. The Balaban J connectivity index is 1.85. The molecule has 2 aliphatic rings. The first-order valence-electron chi connectivity index (χ1n) is 7.74. The van der Waals surface area contributed by atoms with Crippen LogP contribution < -0.4 is 5.32 Å². The van der Waals surface area contributed by atoms with Crippen molar-refractivity contribution in [3.8, 4) is 0 Å². The second kappa shape index (κ2) is 5.46. The minimum atomic E-state index is 0.134. The first kappa shape index (κ1) is 13.5. The van der Waals surface area contributed by atoms with Crippen LogP contribution in [0, 0.1) is 0 Å². The summed E-state index contributed by atoms with van der Waals surface area (Å²) in [7, 11) is 0. The molecule has 1 heterocycles. The molecule has 1 saturated carbocycles.